The van der Waals surface area contributed by atoms with Crippen molar-refractivity contribution < 1.29 is 0 Å². The fourth-order valence-corrected chi connectivity index (χ4v) is 3.19. The van der Waals surface area contributed by atoms with Crippen LogP contribution in [0.2, 0.25) is 0 Å². The zero-order chi connectivity index (χ0) is 5.91. The molecule has 0 spiro atoms. The first-order chi connectivity index (χ1) is 3.06. The van der Waals surface area contributed by atoms with Crippen molar-refractivity contribution in [2.75, 3.05) is 12.0 Å². The lowest BCUT2D eigenvalue weighted by Crippen LogP contribution is -1.99. The molecule has 0 atom stereocenters. The van der Waals surface area contributed by atoms with Crippen LogP contribution in [0.4, 0.5) is 0 Å². The molecule has 0 saturated carbocycles. The topological polar surface area (TPSA) is 0 Å². The summed E-state index contributed by atoms with van der Waals surface area (Å²) < 4.78 is 0. The average Bonchev–Trinajstić information content (AvgIpc) is 1.30. The van der Waals surface area contributed by atoms with Gasteiger partial charge in [0.1, 0.15) is 0 Å². The van der Waals surface area contributed by atoms with E-state index in [1.54, 1.807) is 0 Å². The van der Waals surface area contributed by atoms with Gasteiger partial charge in [0.15, 0.2) is 0 Å². The van der Waals surface area contributed by atoms with Gasteiger partial charge in [0, 0.05) is 0 Å². The van der Waals surface area contributed by atoms with E-state index in [0.717, 1.165) is 0 Å². The Bertz CT molecular complexity index is 83.7. The summed E-state index contributed by atoms with van der Waals surface area (Å²) in [4.78, 5) is 0. The van der Waals surface area contributed by atoms with Crippen molar-refractivity contribution >= 4 is 38.2 Å². The van der Waals surface area contributed by atoms with E-state index in [-0.39, 0.29) is 0 Å². The molecule has 0 bridgehead atoms. The normalized spacial score (nSPS) is 14.1. The second-order valence-corrected chi connectivity index (χ2v) is 14.9. The molecule has 0 rings (SSSR count). The molecule has 0 fully saturated rings. The molecule has 0 aliphatic heterocycles. The van der Waals surface area contributed by atoms with Gasteiger partial charge in [0.05, 0.1) is 0 Å². The van der Waals surface area contributed by atoms with Crippen LogP contribution < -0.4 is 0 Å². The molecule has 0 saturated heterocycles. The molecule has 0 unspecified atom stereocenters. The van der Waals surface area contributed by atoms with Crippen LogP contribution in [0.25, 0.3) is 0 Å². The number of thiol groups is 1. The maximum Gasteiger partial charge on any atom is -0.0126 e. The van der Waals surface area contributed by atoms with Crippen LogP contribution in [-0.4, -0.2) is 12.0 Å². The molecule has 0 aliphatic carbocycles. The first-order valence-corrected chi connectivity index (χ1v) is 8.54. The molecule has 46 valence electrons. The number of hydrogen-bond acceptors (Lipinski definition) is 1. The minimum Gasteiger partial charge on any atom is -0.161 e. The zero-order valence-electron chi connectivity index (χ0n) is 4.65. The van der Waals surface area contributed by atoms with Crippen molar-refractivity contribution in [2.45, 2.75) is 13.3 Å². The van der Waals surface area contributed by atoms with E-state index in [1.165, 1.54) is 12.2 Å². The molecule has 0 heterocycles. The third-order valence-corrected chi connectivity index (χ3v) is 3.86. The van der Waals surface area contributed by atoms with Gasteiger partial charge in [0.25, 0.3) is 0 Å². The van der Waals surface area contributed by atoms with E-state index in [9.17, 15) is 0 Å². The van der Waals surface area contributed by atoms with Crippen LogP contribution in [0.5, 0.6) is 0 Å². The van der Waals surface area contributed by atoms with E-state index in [1.807, 2.05) is 0 Å². The summed E-state index contributed by atoms with van der Waals surface area (Å²) in [6.45, 7) is 2.18. The Hall–Kier alpha value is 1.30. The standard InChI is InChI=1S/C4H11IS2/c1-3-4-7(2,5)6/h7H,3-4H2,1-2H3. The van der Waals surface area contributed by atoms with Gasteiger partial charge in [-0.3, -0.25) is 0 Å². The summed E-state index contributed by atoms with van der Waals surface area (Å²) in [5.41, 5.74) is 0. The third kappa shape index (κ3) is 7.30. The third-order valence-electron chi connectivity index (χ3n) is 0.623. The van der Waals surface area contributed by atoms with Crippen LogP contribution in [0.3, 0.4) is 0 Å². The van der Waals surface area contributed by atoms with Crippen LogP contribution in [-0.2, 0) is 16.9 Å². The highest BCUT2D eigenvalue weighted by molar-refractivity contribution is 14.2. The Kier molecular flexibility index (Phi) is 3.97. The monoisotopic (exact) mass is 250 g/mol. The van der Waals surface area contributed by atoms with E-state index >= 15 is 0 Å². The molecule has 0 radical (unpaired) electrons. The van der Waals surface area contributed by atoms with Gasteiger partial charge in [-0.05, 0) is 39.6 Å². The van der Waals surface area contributed by atoms with E-state index in [2.05, 4.69) is 34.4 Å². The van der Waals surface area contributed by atoms with Gasteiger partial charge >= 0.3 is 0 Å². The van der Waals surface area contributed by atoms with Gasteiger partial charge in [-0.15, -0.1) is 0 Å². The van der Waals surface area contributed by atoms with Gasteiger partial charge in [-0.25, -0.2) is 0 Å². The smallest absolute Gasteiger partial charge is 0.0126 e. The first kappa shape index (κ1) is 8.30. The Morgan fingerprint density at radius 3 is 2.14 bits per heavy atom. The van der Waals surface area contributed by atoms with Gasteiger partial charge in [-0.1, -0.05) is 18.1 Å². The zero-order valence-corrected chi connectivity index (χ0v) is 8.52. The van der Waals surface area contributed by atoms with Crippen LogP contribution >= 0.6 is 21.2 Å². The van der Waals surface area contributed by atoms with Gasteiger partial charge < -0.3 is 0 Å². The van der Waals surface area contributed by atoms with Crippen molar-refractivity contribution in [2.24, 2.45) is 0 Å². The Balaban J connectivity index is 3.36. The summed E-state index contributed by atoms with van der Waals surface area (Å²) in [6.07, 6.45) is 3.43. The molecule has 0 amide bonds. The van der Waals surface area contributed by atoms with E-state index in [4.69, 9.17) is 11.2 Å². The molecule has 0 aromatic rings. The molecular weight excluding hydrogens is 239 g/mol. The SMILES string of the molecule is CCC[SH](C)(=S)I. The van der Waals surface area contributed by atoms with Crippen LogP contribution in [0, 0.1) is 0 Å². The molecular formula is C4H11IS2. The first-order valence-electron chi connectivity index (χ1n) is 2.32. The van der Waals surface area contributed by atoms with Crippen molar-refractivity contribution in [1.29, 1.82) is 0 Å². The lowest BCUT2D eigenvalue weighted by Gasteiger charge is -2.08. The fraction of sp³-hybridized carbons (Fsp3) is 1.00. The fourth-order valence-electron chi connectivity index (χ4n) is 0.399. The van der Waals surface area contributed by atoms with Gasteiger partial charge in [0.2, 0.25) is 0 Å². The Morgan fingerprint density at radius 1 is 1.71 bits per heavy atom. The van der Waals surface area contributed by atoms with Crippen molar-refractivity contribution in [3.05, 3.63) is 0 Å². The van der Waals surface area contributed by atoms with Crippen molar-refractivity contribution in [1.82, 2.24) is 0 Å². The maximum absolute atomic E-state index is 5.18. The summed E-state index contributed by atoms with van der Waals surface area (Å²) >= 11 is 7.58. The Morgan fingerprint density at radius 2 is 2.14 bits per heavy atom. The Labute approximate surface area is 63.2 Å². The lowest BCUT2D eigenvalue weighted by atomic mass is 10.6. The maximum atomic E-state index is 5.18. The quantitative estimate of drug-likeness (QED) is 0.442. The average molecular weight is 250 g/mol. The minimum absolute atomic E-state index is 0.862. The lowest BCUT2D eigenvalue weighted by molar-refractivity contribution is 1.11. The largest absolute Gasteiger partial charge is 0.161 e. The highest BCUT2D eigenvalue weighted by atomic mass is 127. The summed E-state index contributed by atoms with van der Waals surface area (Å²) in [5.74, 6) is 0.391. The highest BCUT2D eigenvalue weighted by Gasteiger charge is 1.92. The molecule has 0 nitrogen and oxygen atoms in total. The van der Waals surface area contributed by atoms with Gasteiger partial charge in [-0.2, -0.15) is 5.76 Å². The molecule has 0 aromatic carbocycles. The molecule has 0 aromatic heterocycles. The number of rotatable bonds is 2. The molecule has 7 heavy (non-hydrogen) atoms. The molecule has 0 aliphatic rings. The summed E-state index contributed by atoms with van der Waals surface area (Å²) in [5, 5.41) is 0. The molecule has 0 N–H and O–H groups in total. The van der Waals surface area contributed by atoms with Crippen molar-refractivity contribution in [3.63, 3.8) is 0 Å². The predicted octanol–water partition coefficient (Wildman–Crippen LogP) is 1.72. The second kappa shape index (κ2) is 3.35. The highest BCUT2D eigenvalue weighted by Crippen LogP contribution is 2.11. The second-order valence-electron chi connectivity index (χ2n) is 1.71. The van der Waals surface area contributed by atoms with Crippen LogP contribution in [0.1, 0.15) is 13.3 Å². The minimum atomic E-state index is -0.862. The molecule has 3 heteroatoms. The summed E-state index contributed by atoms with van der Waals surface area (Å²) in [6, 6.07) is 0. The predicted molar refractivity (Wildman–Crippen MR) is 51.2 cm³/mol. The summed E-state index contributed by atoms with van der Waals surface area (Å²) in [7, 11) is 0. The van der Waals surface area contributed by atoms with E-state index < -0.39 is 5.76 Å². The van der Waals surface area contributed by atoms with Crippen molar-refractivity contribution in [3.8, 4) is 0 Å². The number of hydrogen-bond donors (Lipinski definition) is 1. The number of halogens is 1. The van der Waals surface area contributed by atoms with E-state index in [0.29, 0.717) is 0 Å². The van der Waals surface area contributed by atoms with Crippen LogP contribution in [0.15, 0.2) is 0 Å².